The molecule has 7 heteroatoms. The van der Waals surface area contributed by atoms with Crippen molar-refractivity contribution in [2.75, 3.05) is 32.7 Å². The molecule has 120 valence electrons. The summed E-state index contributed by atoms with van der Waals surface area (Å²) in [4.78, 5) is 2.57. The van der Waals surface area contributed by atoms with Crippen LogP contribution in [0, 0.1) is 19.8 Å². The van der Waals surface area contributed by atoms with E-state index in [1.807, 2.05) is 0 Å². The Morgan fingerprint density at radius 3 is 2.29 bits per heavy atom. The molecule has 1 aliphatic rings. The van der Waals surface area contributed by atoms with Crippen LogP contribution in [0.3, 0.4) is 0 Å². The van der Waals surface area contributed by atoms with E-state index in [0.717, 1.165) is 26.1 Å². The molecule has 1 aromatic rings. The Hall–Kier alpha value is -0.920. The van der Waals surface area contributed by atoms with Gasteiger partial charge >= 0.3 is 0 Å². The van der Waals surface area contributed by atoms with E-state index >= 15 is 0 Å². The van der Waals surface area contributed by atoms with Crippen LogP contribution in [-0.4, -0.2) is 55.5 Å². The lowest BCUT2D eigenvalue weighted by Crippen LogP contribution is -2.49. The summed E-state index contributed by atoms with van der Waals surface area (Å²) in [7, 11) is -3.48. The molecule has 2 rings (SSSR count). The lowest BCUT2D eigenvalue weighted by atomic mass is 10.1. The first-order valence-electron chi connectivity index (χ1n) is 7.47. The van der Waals surface area contributed by atoms with Crippen molar-refractivity contribution in [3.05, 3.63) is 11.5 Å². The van der Waals surface area contributed by atoms with E-state index in [9.17, 15) is 8.42 Å². The van der Waals surface area contributed by atoms with Gasteiger partial charge in [0.15, 0.2) is 5.76 Å². The van der Waals surface area contributed by atoms with Crippen molar-refractivity contribution in [3.8, 4) is 0 Å². The summed E-state index contributed by atoms with van der Waals surface area (Å²) in [5, 5.41) is 3.75. The van der Waals surface area contributed by atoms with Crippen molar-refractivity contribution in [1.82, 2.24) is 14.4 Å². The van der Waals surface area contributed by atoms with E-state index in [1.165, 1.54) is 0 Å². The fourth-order valence-corrected chi connectivity index (χ4v) is 4.32. The maximum atomic E-state index is 12.7. The monoisotopic (exact) mass is 315 g/mol. The normalized spacial score (nSPS) is 18.5. The van der Waals surface area contributed by atoms with E-state index in [2.05, 4.69) is 23.9 Å². The third-order valence-corrected chi connectivity index (χ3v) is 6.06. The number of hydrogen-bond acceptors (Lipinski definition) is 5. The van der Waals surface area contributed by atoms with E-state index < -0.39 is 10.0 Å². The Bertz CT molecular complexity index is 553. The van der Waals surface area contributed by atoms with Gasteiger partial charge in [0.25, 0.3) is 0 Å². The first kappa shape index (κ1) is 16.5. The van der Waals surface area contributed by atoms with Crippen LogP contribution in [0.5, 0.6) is 0 Å². The molecule has 1 fully saturated rings. The second kappa shape index (κ2) is 6.46. The maximum absolute atomic E-state index is 12.7. The Morgan fingerprint density at radius 1 is 1.19 bits per heavy atom. The Morgan fingerprint density at radius 2 is 1.81 bits per heavy atom. The highest BCUT2D eigenvalue weighted by atomic mass is 32.2. The molecule has 0 N–H and O–H groups in total. The van der Waals surface area contributed by atoms with Crippen molar-refractivity contribution in [1.29, 1.82) is 0 Å². The van der Waals surface area contributed by atoms with Gasteiger partial charge in [-0.2, -0.15) is 4.31 Å². The topological polar surface area (TPSA) is 66.7 Å². The van der Waals surface area contributed by atoms with Gasteiger partial charge < -0.3 is 9.42 Å². The van der Waals surface area contributed by atoms with Gasteiger partial charge in [0.05, 0.1) is 0 Å². The summed E-state index contributed by atoms with van der Waals surface area (Å²) >= 11 is 0. The van der Waals surface area contributed by atoms with Crippen LogP contribution in [-0.2, 0) is 10.0 Å². The average molecular weight is 315 g/mol. The van der Waals surface area contributed by atoms with Crippen LogP contribution in [0.15, 0.2) is 9.42 Å². The van der Waals surface area contributed by atoms with E-state index in [0.29, 0.717) is 30.5 Å². The summed E-state index contributed by atoms with van der Waals surface area (Å²) < 4.78 is 31.9. The molecular weight excluding hydrogens is 290 g/mol. The zero-order valence-corrected chi connectivity index (χ0v) is 14.1. The van der Waals surface area contributed by atoms with E-state index in [-0.39, 0.29) is 4.90 Å². The molecule has 1 aromatic heterocycles. The Labute approximate surface area is 127 Å². The van der Waals surface area contributed by atoms with Gasteiger partial charge in [-0.15, -0.1) is 0 Å². The minimum atomic E-state index is -3.48. The van der Waals surface area contributed by atoms with Crippen molar-refractivity contribution in [2.24, 2.45) is 5.92 Å². The van der Waals surface area contributed by atoms with Crippen LogP contribution >= 0.6 is 0 Å². The minimum absolute atomic E-state index is 0.234. The summed E-state index contributed by atoms with van der Waals surface area (Å²) in [5.41, 5.74) is 0.440. The van der Waals surface area contributed by atoms with Gasteiger partial charge in [-0.25, -0.2) is 8.42 Å². The second-order valence-electron chi connectivity index (χ2n) is 6.08. The highest BCUT2D eigenvalue weighted by Crippen LogP contribution is 2.24. The van der Waals surface area contributed by atoms with E-state index in [1.54, 1.807) is 18.2 Å². The highest BCUT2D eigenvalue weighted by Gasteiger charge is 2.33. The molecule has 0 atom stereocenters. The standard InChI is InChI=1S/C14H25N3O3S/c1-11(2)5-6-16-7-9-17(10-8-16)21(18,19)14-12(3)15-20-13(14)4/h11H,5-10H2,1-4H3. The highest BCUT2D eigenvalue weighted by molar-refractivity contribution is 7.89. The van der Waals surface area contributed by atoms with Gasteiger partial charge in [0, 0.05) is 26.2 Å². The molecule has 1 saturated heterocycles. The predicted molar refractivity (Wildman–Crippen MR) is 80.6 cm³/mol. The molecule has 0 unspecified atom stereocenters. The van der Waals surface area contributed by atoms with Crippen LogP contribution in [0.25, 0.3) is 0 Å². The number of nitrogens with zero attached hydrogens (tertiary/aromatic N) is 3. The average Bonchev–Trinajstić information content (AvgIpc) is 2.77. The molecule has 0 radical (unpaired) electrons. The fourth-order valence-electron chi connectivity index (χ4n) is 2.61. The predicted octanol–water partition coefficient (Wildman–Crippen LogP) is 1.64. The molecular formula is C14H25N3O3S. The summed E-state index contributed by atoms with van der Waals surface area (Å²) in [6.07, 6.45) is 1.15. The van der Waals surface area contributed by atoms with Crippen molar-refractivity contribution >= 4 is 10.0 Å². The second-order valence-corrected chi connectivity index (χ2v) is 7.96. The molecule has 6 nitrogen and oxygen atoms in total. The van der Waals surface area contributed by atoms with Gasteiger partial charge in [0.2, 0.25) is 10.0 Å². The quantitative estimate of drug-likeness (QED) is 0.826. The lowest BCUT2D eigenvalue weighted by Gasteiger charge is -2.34. The smallest absolute Gasteiger partial charge is 0.248 e. The Balaban J connectivity index is 2.02. The number of hydrogen-bond donors (Lipinski definition) is 0. The van der Waals surface area contributed by atoms with Gasteiger partial charge in [0.1, 0.15) is 10.6 Å². The molecule has 0 aromatic carbocycles. The minimum Gasteiger partial charge on any atom is -0.360 e. The molecule has 0 spiro atoms. The summed E-state index contributed by atoms with van der Waals surface area (Å²) in [6.45, 7) is 11.4. The van der Waals surface area contributed by atoms with Gasteiger partial charge in [-0.3, -0.25) is 0 Å². The zero-order chi connectivity index (χ0) is 15.6. The van der Waals surface area contributed by atoms with Crippen LogP contribution < -0.4 is 0 Å². The van der Waals surface area contributed by atoms with Crippen LogP contribution in [0.2, 0.25) is 0 Å². The van der Waals surface area contributed by atoms with Crippen molar-refractivity contribution in [2.45, 2.75) is 39.0 Å². The van der Waals surface area contributed by atoms with E-state index in [4.69, 9.17) is 4.52 Å². The molecule has 1 aliphatic heterocycles. The number of piperazine rings is 1. The van der Waals surface area contributed by atoms with Crippen LogP contribution in [0.4, 0.5) is 0 Å². The lowest BCUT2D eigenvalue weighted by molar-refractivity contribution is 0.180. The van der Waals surface area contributed by atoms with Gasteiger partial charge in [-0.1, -0.05) is 19.0 Å². The first-order chi connectivity index (χ1) is 9.82. The van der Waals surface area contributed by atoms with Gasteiger partial charge in [-0.05, 0) is 32.7 Å². The number of aromatic nitrogens is 1. The molecule has 0 bridgehead atoms. The molecule has 0 aliphatic carbocycles. The number of rotatable bonds is 5. The third kappa shape index (κ3) is 3.64. The zero-order valence-electron chi connectivity index (χ0n) is 13.3. The fraction of sp³-hybridized carbons (Fsp3) is 0.786. The van der Waals surface area contributed by atoms with Crippen molar-refractivity contribution < 1.29 is 12.9 Å². The number of sulfonamides is 1. The molecule has 0 amide bonds. The molecule has 0 saturated carbocycles. The summed E-state index contributed by atoms with van der Waals surface area (Å²) in [5.74, 6) is 1.05. The third-order valence-electron chi connectivity index (χ3n) is 3.92. The molecule has 2 heterocycles. The largest absolute Gasteiger partial charge is 0.360 e. The molecule has 21 heavy (non-hydrogen) atoms. The van der Waals surface area contributed by atoms with Crippen molar-refractivity contribution in [3.63, 3.8) is 0 Å². The number of aryl methyl sites for hydroxylation is 2. The summed E-state index contributed by atoms with van der Waals surface area (Å²) in [6, 6.07) is 0. The first-order valence-corrected chi connectivity index (χ1v) is 8.91. The SMILES string of the molecule is Cc1noc(C)c1S(=O)(=O)N1CCN(CCC(C)C)CC1. The van der Waals surface area contributed by atoms with Crippen LogP contribution in [0.1, 0.15) is 31.7 Å². The Kier molecular flexibility index (Phi) is 5.06. The maximum Gasteiger partial charge on any atom is 0.248 e.